The van der Waals surface area contributed by atoms with Crippen molar-refractivity contribution in [1.82, 2.24) is 0 Å². The van der Waals surface area contributed by atoms with Crippen LogP contribution in [0.2, 0.25) is 0 Å². The van der Waals surface area contributed by atoms with Crippen LogP contribution < -0.4 is 4.90 Å². The number of nitrogens with zero attached hydrogens (tertiary/aromatic N) is 3. The molecule has 0 aromatic heterocycles. The van der Waals surface area contributed by atoms with Gasteiger partial charge in [0.1, 0.15) is 23.3 Å². The summed E-state index contributed by atoms with van der Waals surface area (Å²) < 4.78 is 0. The summed E-state index contributed by atoms with van der Waals surface area (Å²) in [6.07, 6.45) is 7.11. The molecule has 0 saturated carbocycles. The average Bonchev–Trinajstić information content (AvgIpc) is 2.86. The molecule has 0 radical (unpaired) electrons. The van der Waals surface area contributed by atoms with Crippen LogP contribution in [0.15, 0.2) is 57.3 Å². The third-order valence-corrected chi connectivity index (χ3v) is 7.17. The van der Waals surface area contributed by atoms with Gasteiger partial charge in [-0.1, -0.05) is 57.0 Å². The minimum absolute atomic E-state index is 0.344. The molecular formula is C28H27N3O4S. The van der Waals surface area contributed by atoms with Crippen molar-refractivity contribution in [3.63, 3.8) is 0 Å². The van der Waals surface area contributed by atoms with Gasteiger partial charge in [-0.3, -0.25) is 0 Å². The molecule has 0 bridgehead atoms. The fourth-order valence-corrected chi connectivity index (χ4v) is 5.28. The minimum atomic E-state index is -1.28. The monoisotopic (exact) mass is 501 g/mol. The van der Waals surface area contributed by atoms with Crippen molar-refractivity contribution < 1.29 is 19.8 Å². The van der Waals surface area contributed by atoms with Gasteiger partial charge < -0.3 is 15.1 Å². The second-order valence-corrected chi connectivity index (χ2v) is 9.62. The Balaban J connectivity index is 2.10. The van der Waals surface area contributed by atoms with E-state index in [0.29, 0.717) is 17.0 Å². The van der Waals surface area contributed by atoms with Crippen LogP contribution >= 0.6 is 11.8 Å². The fourth-order valence-electron chi connectivity index (χ4n) is 4.09. The highest BCUT2D eigenvalue weighted by atomic mass is 32.2. The number of fused-ring (bicyclic) bond motifs is 2. The standard InChI is InChI=1S/C28H27N3O4S/c1-3-5-6-18(4-2)17-31-23-9-7-19(11-21(15-29)27(32)33)13-25(23)36-26-14-20(8-10-24(26)31)12-22(16-30)28(34)35/h7-14,18H,3-6,17H2,1-2H3,(H,32,33)(H,34,35)/b21-11-,22-12+. The number of anilines is 2. The summed E-state index contributed by atoms with van der Waals surface area (Å²) in [7, 11) is 0. The van der Waals surface area contributed by atoms with Crippen LogP contribution in [0.1, 0.15) is 50.7 Å². The van der Waals surface area contributed by atoms with Crippen molar-refractivity contribution in [2.24, 2.45) is 5.92 Å². The molecule has 1 aliphatic heterocycles. The van der Waals surface area contributed by atoms with Crippen molar-refractivity contribution in [3.8, 4) is 12.1 Å². The van der Waals surface area contributed by atoms with E-state index in [1.165, 1.54) is 23.9 Å². The third kappa shape index (κ3) is 6.16. The molecule has 1 heterocycles. The Kier molecular flexibility index (Phi) is 8.94. The van der Waals surface area contributed by atoms with Crippen molar-refractivity contribution in [2.75, 3.05) is 11.4 Å². The van der Waals surface area contributed by atoms with Gasteiger partial charge in [-0.2, -0.15) is 10.5 Å². The topological polar surface area (TPSA) is 125 Å². The van der Waals surface area contributed by atoms with Crippen LogP contribution in [0, 0.1) is 28.6 Å². The predicted octanol–water partition coefficient (Wildman–Crippen LogP) is 6.49. The van der Waals surface area contributed by atoms with Gasteiger partial charge in [0.15, 0.2) is 0 Å². The molecule has 8 heteroatoms. The van der Waals surface area contributed by atoms with E-state index in [0.717, 1.165) is 53.4 Å². The number of benzene rings is 2. The van der Waals surface area contributed by atoms with Gasteiger partial charge in [0.2, 0.25) is 0 Å². The van der Waals surface area contributed by atoms with E-state index in [2.05, 4.69) is 18.7 Å². The van der Waals surface area contributed by atoms with Crippen LogP contribution in [0.3, 0.4) is 0 Å². The summed E-state index contributed by atoms with van der Waals surface area (Å²) in [5.74, 6) is -2.08. The van der Waals surface area contributed by atoms with Crippen LogP contribution in [0.5, 0.6) is 0 Å². The van der Waals surface area contributed by atoms with Gasteiger partial charge in [-0.05, 0) is 59.9 Å². The molecule has 184 valence electrons. The second kappa shape index (κ2) is 12.1. The number of aliphatic carboxylic acids is 2. The maximum atomic E-state index is 11.3. The molecule has 1 atom stereocenters. The van der Waals surface area contributed by atoms with E-state index in [-0.39, 0.29) is 11.1 Å². The average molecular weight is 502 g/mol. The van der Waals surface area contributed by atoms with Gasteiger partial charge in [0.25, 0.3) is 0 Å². The molecule has 36 heavy (non-hydrogen) atoms. The maximum absolute atomic E-state index is 11.3. The van der Waals surface area contributed by atoms with E-state index in [4.69, 9.17) is 10.5 Å². The molecule has 2 N–H and O–H groups in total. The number of hydrogen-bond donors (Lipinski definition) is 2. The van der Waals surface area contributed by atoms with Crippen LogP contribution in [0.25, 0.3) is 12.2 Å². The first-order valence-electron chi connectivity index (χ1n) is 11.7. The Labute approximate surface area is 215 Å². The lowest BCUT2D eigenvalue weighted by Crippen LogP contribution is -2.27. The molecular weight excluding hydrogens is 474 g/mol. The summed E-state index contributed by atoms with van der Waals surface area (Å²) in [6.45, 7) is 5.17. The van der Waals surface area contributed by atoms with Crippen molar-refractivity contribution in [2.45, 2.75) is 49.3 Å². The molecule has 0 amide bonds. The highest BCUT2D eigenvalue weighted by Gasteiger charge is 2.26. The zero-order valence-electron chi connectivity index (χ0n) is 20.2. The molecule has 2 aromatic carbocycles. The Morgan fingerprint density at radius 3 is 1.83 bits per heavy atom. The van der Waals surface area contributed by atoms with E-state index < -0.39 is 11.9 Å². The van der Waals surface area contributed by atoms with Crippen molar-refractivity contribution in [1.29, 1.82) is 10.5 Å². The van der Waals surface area contributed by atoms with Crippen LogP contribution in [-0.2, 0) is 9.59 Å². The Morgan fingerprint density at radius 2 is 1.44 bits per heavy atom. The van der Waals surface area contributed by atoms with Gasteiger partial charge >= 0.3 is 11.9 Å². The van der Waals surface area contributed by atoms with Gasteiger partial charge in [-0.25, -0.2) is 9.59 Å². The molecule has 0 aliphatic carbocycles. The number of rotatable bonds is 10. The number of carboxylic acid groups (broad SMARTS) is 2. The second-order valence-electron chi connectivity index (χ2n) is 8.53. The normalized spacial score (nSPS) is 13.7. The highest BCUT2D eigenvalue weighted by molar-refractivity contribution is 7.99. The quantitative estimate of drug-likeness (QED) is 0.279. The summed E-state index contributed by atoms with van der Waals surface area (Å²) in [5.41, 5.74) is 2.53. The van der Waals surface area contributed by atoms with E-state index in [9.17, 15) is 19.8 Å². The molecule has 0 spiro atoms. The molecule has 0 saturated heterocycles. The van der Waals surface area contributed by atoms with Crippen LogP contribution in [-0.4, -0.2) is 28.7 Å². The molecule has 2 aromatic rings. The van der Waals surface area contributed by atoms with E-state index in [1.54, 1.807) is 12.1 Å². The zero-order valence-corrected chi connectivity index (χ0v) is 21.0. The van der Waals surface area contributed by atoms with Crippen molar-refractivity contribution >= 4 is 47.2 Å². The largest absolute Gasteiger partial charge is 0.477 e. The Hall–Kier alpha value is -4.01. The SMILES string of the molecule is CCCCC(CC)CN1c2ccc(/C=C(/C#N)C(=O)O)cc2Sc2cc(/C=C(\C#N)C(=O)O)ccc21. The first-order chi connectivity index (χ1) is 17.3. The third-order valence-electron chi connectivity index (χ3n) is 6.08. The Morgan fingerprint density at radius 1 is 0.944 bits per heavy atom. The zero-order chi connectivity index (χ0) is 26.2. The number of carboxylic acids is 2. The smallest absolute Gasteiger partial charge is 0.346 e. The van der Waals surface area contributed by atoms with Gasteiger partial charge in [0.05, 0.1) is 11.4 Å². The number of hydrogen-bond acceptors (Lipinski definition) is 6. The molecule has 7 nitrogen and oxygen atoms in total. The van der Waals surface area contributed by atoms with Gasteiger partial charge in [0, 0.05) is 16.3 Å². The first kappa shape index (κ1) is 26.6. The lowest BCUT2D eigenvalue weighted by molar-refractivity contribution is -0.133. The predicted molar refractivity (Wildman–Crippen MR) is 140 cm³/mol. The van der Waals surface area contributed by atoms with Crippen LogP contribution in [0.4, 0.5) is 11.4 Å². The number of unbranched alkanes of at least 4 members (excludes halogenated alkanes) is 1. The van der Waals surface area contributed by atoms with E-state index in [1.807, 2.05) is 36.4 Å². The minimum Gasteiger partial charge on any atom is -0.477 e. The number of nitriles is 2. The summed E-state index contributed by atoms with van der Waals surface area (Å²) >= 11 is 1.49. The molecule has 3 rings (SSSR count). The van der Waals surface area contributed by atoms with Gasteiger partial charge in [-0.15, -0.1) is 0 Å². The summed E-state index contributed by atoms with van der Waals surface area (Å²) in [6, 6.07) is 14.7. The lowest BCUT2D eigenvalue weighted by atomic mass is 9.97. The van der Waals surface area contributed by atoms with Crippen molar-refractivity contribution in [3.05, 3.63) is 58.7 Å². The fraction of sp³-hybridized carbons (Fsp3) is 0.286. The number of carbonyl (C=O) groups is 2. The summed E-state index contributed by atoms with van der Waals surface area (Å²) in [5, 5.41) is 36.7. The highest BCUT2D eigenvalue weighted by Crippen LogP contribution is 2.49. The summed E-state index contributed by atoms with van der Waals surface area (Å²) in [4.78, 5) is 26.7. The Bertz CT molecular complexity index is 1230. The maximum Gasteiger partial charge on any atom is 0.346 e. The molecule has 1 unspecified atom stereocenters. The first-order valence-corrected chi connectivity index (χ1v) is 12.6. The molecule has 0 fully saturated rings. The van der Waals surface area contributed by atoms with E-state index >= 15 is 0 Å². The molecule has 1 aliphatic rings. The lowest BCUT2D eigenvalue weighted by Gasteiger charge is -2.35.